The summed E-state index contributed by atoms with van der Waals surface area (Å²) < 4.78 is 20.2. The van der Waals surface area contributed by atoms with Gasteiger partial charge >= 0.3 is 0 Å². The number of benzene rings is 1. The third kappa shape index (κ3) is 3.85. The Bertz CT molecular complexity index is 1270. The molecule has 0 spiro atoms. The van der Waals surface area contributed by atoms with Crippen LogP contribution in [0.1, 0.15) is 34.0 Å². The van der Waals surface area contributed by atoms with Gasteiger partial charge < -0.3 is 16.2 Å². The number of nitriles is 1. The number of aryl methyl sites for hydroxylation is 1. The second kappa shape index (κ2) is 8.16. The zero-order valence-electron chi connectivity index (χ0n) is 16.9. The zero-order valence-corrected chi connectivity index (χ0v) is 17.7. The van der Waals surface area contributed by atoms with Gasteiger partial charge in [-0.2, -0.15) is 5.26 Å². The van der Waals surface area contributed by atoms with Crippen molar-refractivity contribution in [1.29, 1.82) is 5.26 Å². The number of anilines is 1. The Hall–Kier alpha value is -3.77. The standard InChI is InChI=1S/C22H19FN6OS/c1-11-17-6-15(23)3-4-16(17)21-19(31-12(2)29-21)10-27-20(14(7-24)8-25)13-5-18(30-11)22(26)28-9-13/h3-7,9,11H,10,24H2,1-2H3,(H2,26,28)/t11-/m1/s1. The maximum atomic E-state index is 14.1. The summed E-state index contributed by atoms with van der Waals surface area (Å²) >= 11 is 1.49. The molecule has 31 heavy (non-hydrogen) atoms. The Kier molecular flexibility index (Phi) is 5.40. The van der Waals surface area contributed by atoms with Crippen molar-refractivity contribution in [2.45, 2.75) is 26.5 Å². The summed E-state index contributed by atoms with van der Waals surface area (Å²) in [6, 6.07) is 8.26. The van der Waals surface area contributed by atoms with Crippen molar-refractivity contribution in [3.8, 4) is 23.1 Å². The maximum Gasteiger partial charge on any atom is 0.166 e. The molecule has 1 aromatic carbocycles. The van der Waals surface area contributed by atoms with Crippen molar-refractivity contribution < 1.29 is 9.13 Å². The molecule has 7 nitrogen and oxygen atoms in total. The van der Waals surface area contributed by atoms with Crippen LogP contribution in [-0.4, -0.2) is 15.7 Å². The lowest BCUT2D eigenvalue weighted by molar-refractivity contribution is 0.227. The average Bonchev–Trinajstić information content (AvgIpc) is 3.12. The lowest BCUT2D eigenvalue weighted by Crippen LogP contribution is -2.12. The zero-order chi connectivity index (χ0) is 22.1. The molecule has 4 rings (SSSR count). The van der Waals surface area contributed by atoms with Gasteiger partial charge in [0.15, 0.2) is 11.6 Å². The quantitative estimate of drug-likeness (QED) is 0.557. The number of thiazole rings is 1. The van der Waals surface area contributed by atoms with E-state index in [1.807, 2.05) is 13.8 Å². The summed E-state index contributed by atoms with van der Waals surface area (Å²) in [6.07, 6.45) is 2.19. The topological polar surface area (TPSA) is 123 Å². The number of allylic oxidation sites excluding steroid dienone is 1. The number of rotatable bonds is 1. The molecule has 0 saturated carbocycles. The number of ether oxygens (including phenoxy) is 1. The van der Waals surface area contributed by atoms with E-state index in [4.69, 9.17) is 16.2 Å². The molecule has 1 aliphatic rings. The summed E-state index contributed by atoms with van der Waals surface area (Å²) in [7, 11) is 0. The molecule has 3 heterocycles. The third-order valence-electron chi connectivity index (χ3n) is 4.89. The molecule has 2 aromatic heterocycles. The van der Waals surface area contributed by atoms with Crippen LogP contribution in [0.3, 0.4) is 0 Å². The van der Waals surface area contributed by atoms with Gasteiger partial charge in [0.25, 0.3) is 0 Å². The summed E-state index contributed by atoms with van der Waals surface area (Å²) in [5, 5.41) is 10.4. The first-order valence-electron chi connectivity index (χ1n) is 9.46. The number of aliphatic imine (C=N–C) groups is 1. The minimum atomic E-state index is -0.541. The van der Waals surface area contributed by atoms with Crippen LogP contribution < -0.4 is 16.2 Å². The molecule has 2 bridgehead atoms. The van der Waals surface area contributed by atoms with Crippen LogP contribution in [0.5, 0.6) is 5.75 Å². The first-order chi connectivity index (χ1) is 14.9. The fraction of sp³-hybridized carbons (Fsp3) is 0.182. The maximum absolute atomic E-state index is 14.1. The number of nitrogen functional groups attached to an aromatic ring is 1. The third-order valence-corrected chi connectivity index (χ3v) is 5.85. The smallest absolute Gasteiger partial charge is 0.166 e. The summed E-state index contributed by atoms with van der Waals surface area (Å²) in [5.41, 5.74) is 14.9. The van der Waals surface area contributed by atoms with Gasteiger partial charge in [-0.1, -0.05) is 0 Å². The van der Waals surface area contributed by atoms with E-state index in [0.29, 0.717) is 28.3 Å². The Morgan fingerprint density at radius 3 is 2.94 bits per heavy atom. The number of fused-ring (bicyclic) bond motifs is 5. The predicted octanol–water partition coefficient (Wildman–Crippen LogP) is 4.04. The van der Waals surface area contributed by atoms with Gasteiger partial charge in [-0.15, -0.1) is 11.3 Å². The van der Waals surface area contributed by atoms with Crippen molar-refractivity contribution in [2.24, 2.45) is 10.7 Å². The lowest BCUT2D eigenvalue weighted by atomic mass is 9.99. The Morgan fingerprint density at radius 1 is 1.39 bits per heavy atom. The Balaban J connectivity index is 2.00. The van der Waals surface area contributed by atoms with Crippen molar-refractivity contribution in [3.63, 3.8) is 0 Å². The first-order valence-corrected chi connectivity index (χ1v) is 10.3. The lowest BCUT2D eigenvalue weighted by Gasteiger charge is -2.20. The van der Waals surface area contributed by atoms with Gasteiger partial charge in [-0.25, -0.2) is 14.4 Å². The van der Waals surface area contributed by atoms with Crippen LogP contribution in [0, 0.1) is 24.1 Å². The molecular weight excluding hydrogens is 415 g/mol. The van der Waals surface area contributed by atoms with E-state index < -0.39 is 6.10 Å². The van der Waals surface area contributed by atoms with Crippen LogP contribution in [-0.2, 0) is 6.54 Å². The number of hydrogen-bond donors (Lipinski definition) is 2. The van der Waals surface area contributed by atoms with E-state index in [-0.39, 0.29) is 23.8 Å². The molecule has 0 saturated heterocycles. The summed E-state index contributed by atoms with van der Waals surface area (Å²) in [6.45, 7) is 3.98. The van der Waals surface area contributed by atoms with E-state index >= 15 is 0 Å². The minimum Gasteiger partial charge on any atom is -0.482 e. The first kappa shape index (κ1) is 20.5. The van der Waals surface area contributed by atoms with Crippen LogP contribution in [0.4, 0.5) is 10.2 Å². The highest BCUT2D eigenvalue weighted by Gasteiger charge is 2.23. The van der Waals surface area contributed by atoms with E-state index in [1.54, 1.807) is 12.1 Å². The van der Waals surface area contributed by atoms with E-state index in [0.717, 1.165) is 15.4 Å². The fourth-order valence-electron chi connectivity index (χ4n) is 3.46. The van der Waals surface area contributed by atoms with Crippen molar-refractivity contribution in [1.82, 2.24) is 9.97 Å². The number of nitrogens with two attached hydrogens (primary N) is 2. The second-order valence-corrected chi connectivity index (χ2v) is 8.25. The normalized spacial score (nSPS) is 16.0. The molecule has 1 atom stereocenters. The highest BCUT2D eigenvalue weighted by Crippen LogP contribution is 2.37. The van der Waals surface area contributed by atoms with Gasteiger partial charge in [-0.3, -0.25) is 4.99 Å². The van der Waals surface area contributed by atoms with Gasteiger partial charge in [0.05, 0.1) is 33.4 Å². The molecule has 9 heteroatoms. The minimum absolute atomic E-state index is 0.172. The fourth-order valence-corrected chi connectivity index (χ4v) is 4.33. The monoisotopic (exact) mass is 434 g/mol. The number of hydrogen-bond acceptors (Lipinski definition) is 8. The average molecular weight is 435 g/mol. The molecular formula is C22H19FN6OS. The molecule has 156 valence electrons. The molecule has 3 aromatic rings. The van der Waals surface area contributed by atoms with Gasteiger partial charge in [-0.05, 0) is 38.1 Å². The van der Waals surface area contributed by atoms with E-state index in [2.05, 4.69) is 21.0 Å². The molecule has 0 aliphatic carbocycles. The highest BCUT2D eigenvalue weighted by molar-refractivity contribution is 7.12. The number of halogens is 1. The highest BCUT2D eigenvalue weighted by atomic mass is 32.1. The Labute approximate surface area is 182 Å². The molecule has 0 radical (unpaired) electrons. The van der Waals surface area contributed by atoms with Crippen molar-refractivity contribution in [3.05, 3.63) is 69.1 Å². The van der Waals surface area contributed by atoms with Gasteiger partial charge in [0.2, 0.25) is 0 Å². The summed E-state index contributed by atoms with van der Waals surface area (Å²) in [4.78, 5) is 14.4. The van der Waals surface area contributed by atoms with Crippen LogP contribution in [0.2, 0.25) is 0 Å². The van der Waals surface area contributed by atoms with Crippen LogP contribution in [0.25, 0.3) is 11.3 Å². The number of nitrogens with zero attached hydrogens (tertiary/aromatic N) is 4. The Morgan fingerprint density at radius 2 is 2.19 bits per heavy atom. The van der Waals surface area contributed by atoms with Crippen molar-refractivity contribution in [2.75, 3.05) is 5.73 Å². The molecule has 0 amide bonds. The van der Waals surface area contributed by atoms with E-state index in [9.17, 15) is 9.65 Å². The second-order valence-electron chi connectivity index (χ2n) is 6.96. The molecule has 4 N–H and O–H groups in total. The molecule has 0 unspecified atom stereocenters. The van der Waals surface area contributed by atoms with Crippen LogP contribution >= 0.6 is 11.3 Å². The molecule has 1 aliphatic heterocycles. The van der Waals surface area contributed by atoms with Gasteiger partial charge in [0, 0.05) is 29.1 Å². The summed E-state index contributed by atoms with van der Waals surface area (Å²) in [5.74, 6) is 0.101. The number of aromatic nitrogens is 2. The SMILES string of the molecule is Cc1nc2c(s1)CN=C(C(C#N)=CN)c1cnc(N)c(c1)O[C@H](C)c1cc(F)ccc1-2. The largest absolute Gasteiger partial charge is 0.482 e. The van der Waals surface area contributed by atoms with Gasteiger partial charge in [0.1, 0.15) is 18.0 Å². The predicted molar refractivity (Wildman–Crippen MR) is 118 cm³/mol. The van der Waals surface area contributed by atoms with Crippen LogP contribution in [0.15, 0.2) is 47.2 Å². The van der Waals surface area contributed by atoms with Crippen molar-refractivity contribution >= 4 is 22.9 Å². The van der Waals surface area contributed by atoms with E-state index in [1.165, 1.54) is 35.9 Å². The molecule has 0 fully saturated rings. The number of pyridine rings is 1.